The molecule has 7 nitrogen and oxygen atoms in total. The standard InChI is InChI=1S/C19H21N3O4/c1-22(11-15-20-14-7-3-2-6-12(14)17(24)21-15)18(25)13-10-16(23)26-19(13)8-4-5-9-19/h2-3,6-7,13H,4-5,8-11H2,1H3,(H,20,21,24)/t13-/m0/s1. The number of aromatic nitrogens is 2. The van der Waals surface area contributed by atoms with Crippen LogP contribution >= 0.6 is 0 Å². The summed E-state index contributed by atoms with van der Waals surface area (Å²) in [5, 5.41) is 0.518. The summed E-state index contributed by atoms with van der Waals surface area (Å²) in [6, 6.07) is 7.09. The van der Waals surface area contributed by atoms with Crippen molar-refractivity contribution in [2.24, 2.45) is 5.92 Å². The summed E-state index contributed by atoms with van der Waals surface area (Å²) in [6.07, 6.45) is 3.56. The van der Waals surface area contributed by atoms with Gasteiger partial charge in [0.05, 0.1) is 29.8 Å². The second-order valence-corrected chi connectivity index (χ2v) is 7.23. The SMILES string of the molecule is CN(Cc1nc2ccccc2c(=O)[nH]1)C(=O)[C@@H]1CC(=O)OC12CCCC2. The largest absolute Gasteiger partial charge is 0.458 e. The average molecular weight is 355 g/mol. The van der Waals surface area contributed by atoms with Crippen LogP contribution < -0.4 is 5.56 Å². The van der Waals surface area contributed by atoms with Gasteiger partial charge in [0.25, 0.3) is 5.56 Å². The van der Waals surface area contributed by atoms with Gasteiger partial charge in [-0.15, -0.1) is 0 Å². The van der Waals surface area contributed by atoms with Crippen LogP contribution in [-0.2, 0) is 20.9 Å². The van der Waals surface area contributed by atoms with E-state index >= 15 is 0 Å². The zero-order valence-electron chi connectivity index (χ0n) is 14.7. The van der Waals surface area contributed by atoms with E-state index < -0.39 is 11.5 Å². The molecule has 2 aliphatic rings. The molecule has 1 atom stereocenters. The highest BCUT2D eigenvalue weighted by atomic mass is 16.6. The topological polar surface area (TPSA) is 92.4 Å². The Morgan fingerprint density at radius 1 is 1.31 bits per heavy atom. The number of hydrogen-bond acceptors (Lipinski definition) is 5. The summed E-state index contributed by atoms with van der Waals surface area (Å²) in [7, 11) is 1.67. The molecule has 1 aromatic carbocycles. The number of esters is 1. The van der Waals surface area contributed by atoms with Crippen molar-refractivity contribution in [1.29, 1.82) is 0 Å². The maximum atomic E-state index is 13.0. The quantitative estimate of drug-likeness (QED) is 0.847. The number of benzene rings is 1. The van der Waals surface area contributed by atoms with Gasteiger partial charge in [-0.2, -0.15) is 0 Å². The Balaban J connectivity index is 1.56. The van der Waals surface area contributed by atoms with E-state index in [1.165, 1.54) is 4.90 Å². The lowest BCUT2D eigenvalue weighted by molar-refractivity contribution is -0.151. The molecule has 1 spiro atoms. The first-order chi connectivity index (χ1) is 12.5. The molecule has 1 N–H and O–H groups in total. The van der Waals surface area contributed by atoms with E-state index in [1.807, 2.05) is 6.07 Å². The highest BCUT2D eigenvalue weighted by Crippen LogP contribution is 2.46. The fraction of sp³-hybridized carbons (Fsp3) is 0.474. The molecule has 2 heterocycles. The maximum Gasteiger partial charge on any atom is 0.307 e. The molecule has 1 amide bonds. The third-order valence-corrected chi connectivity index (χ3v) is 5.50. The number of para-hydroxylation sites is 1. The molecule has 136 valence electrons. The molecule has 7 heteroatoms. The predicted octanol–water partition coefficient (Wildman–Crippen LogP) is 1.76. The van der Waals surface area contributed by atoms with Crippen LogP contribution in [0.5, 0.6) is 0 Å². The van der Waals surface area contributed by atoms with Crippen molar-refractivity contribution in [3.8, 4) is 0 Å². The number of hydrogen-bond donors (Lipinski definition) is 1. The maximum absolute atomic E-state index is 13.0. The molecule has 1 aromatic heterocycles. The zero-order chi connectivity index (χ0) is 18.3. The van der Waals surface area contributed by atoms with Crippen molar-refractivity contribution in [3.05, 3.63) is 40.4 Å². The van der Waals surface area contributed by atoms with Gasteiger partial charge < -0.3 is 14.6 Å². The first-order valence-electron chi connectivity index (χ1n) is 8.93. The number of aromatic amines is 1. The van der Waals surface area contributed by atoms with Crippen LogP contribution in [-0.4, -0.2) is 39.4 Å². The Kier molecular flexibility index (Phi) is 4.01. The number of carbonyl (C=O) groups excluding carboxylic acids is 2. The van der Waals surface area contributed by atoms with E-state index in [1.54, 1.807) is 25.2 Å². The van der Waals surface area contributed by atoms with Crippen molar-refractivity contribution >= 4 is 22.8 Å². The molecular weight excluding hydrogens is 334 g/mol. The molecule has 1 saturated carbocycles. The lowest BCUT2D eigenvalue weighted by Gasteiger charge is -2.30. The summed E-state index contributed by atoms with van der Waals surface area (Å²) in [4.78, 5) is 45.7. The number of nitrogens with one attached hydrogen (secondary N) is 1. The molecule has 1 aliphatic carbocycles. The summed E-state index contributed by atoms with van der Waals surface area (Å²) in [6.45, 7) is 0.180. The normalized spacial score (nSPS) is 21.3. The third kappa shape index (κ3) is 2.77. The Hall–Kier alpha value is -2.70. The Bertz CT molecular complexity index is 930. The third-order valence-electron chi connectivity index (χ3n) is 5.50. The van der Waals surface area contributed by atoms with Gasteiger partial charge in [-0.25, -0.2) is 4.98 Å². The van der Waals surface area contributed by atoms with E-state index in [2.05, 4.69) is 9.97 Å². The summed E-state index contributed by atoms with van der Waals surface area (Å²) >= 11 is 0. The number of H-pyrrole nitrogens is 1. The zero-order valence-corrected chi connectivity index (χ0v) is 14.7. The molecule has 2 aromatic rings. The van der Waals surface area contributed by atoms with Crippen molar-refractivity contribution in [3.63, 3.8) is 0 Å². The van der Waals surface area contributed by atoms with Crippen LogP contribution in [0.4, 0.5) is 0 Å². The number of nitrogens with zero attached hydrogens (tertiary/aromatic N) is 2. The average Bonchev–Trinajstić information content (AvgIpc) is 3.21. The minimum Gasteiger partial charge on any atom is -0.458 e. The lowest BCUT2D eigenvalue weighted by atomic mass is 9.84. The predicted molar refractivity (Wildman–Crippen MR) is 94.2 cm³/mol. The van der Waals surface area contributed by atoms with Gasteiger partial charge in [-0.3, -0.25) is 14.4 Å². The van der Waals surface area contributed by atoms with Crippen molar-refractivity contribution in [1.82, 2.24) is 14.9 Å². The number of carbonyl (C=O) groups is 2. The van der Waals surface area contributed by atoms with E-state index in [0.29, 0.717) is 16.7 Å². The summed E-state index contributed by atoms with van der Waals surface area (Å²) in [5.41, 5.74) is -0.260. The molecule has 2 fully saturated rings. The van der Waals surface area contributed by atoms with E-state index in [-0.39, 0.29) is 30.4 Å². The summed E-state index contributed by atoms with van der Waals surface area (Å²) in [5.74, 6) is -0.450. The van der Waals surface area contributed by atoms with Crippen LogP contribution in [0.1, 0.15) is 37.9 Å². The van der Waals surface area contributed by atoms with E-state index in [0.717, 1.165) is 25.7 Å². The molecule has 0 unspecified atom stereocenters. The van der Waals surface area contributed by atoms with Crippen molar-refractivity contribution in [2.75, 3.05) is 7.05 Å². The molecule has 4 rings (SSSR count). The van der Waals surface area contributed by atoms with Crippen LogP contribution in [0.25, 0.3) is 10.9 Å². The first kappa shape index (κ1) is 16.8. The number of rotatable bonds is 3. The van der Waals surface area contributed by atoms with Crippen molar-refractivity contribution in [2.45, 2.75) is 44.2 Å². The summed E-state index contributed by atoms with van der Waals surface area (Å²) < 4.78 is 5.56. The van der Waals surface area contributed by atoms with Gasteiger partial charge >= 0.3 is 5.97 Å². The lowest BCUT2D eigenvalue weighted by Crippen LogP contribution is -2.43. The highest BCUT2D eigenvalue weighted by Gasteiger charge is 2.54. The minimum absolute atomic E-state index is 0.130. The molecular formula is C19H21N3O4. The van der Waals surface area contributed by atoms with Gasteiger partial charge in [0, 0.05) is 7.05 Å². The molecule has 0 radical (unpaired) electrons. The molecule has 1 aliphatic heterocycles. The van der Waals surface area contributed by atoms with Gasteiger partial charge in [0.2, 0.25) is 5.91 Å². The van der Waals surface area contributed by atoms with Crippen LogP contribution in [0.3, 0.4) is 0 Å². The fourth-order valence-electron chi connectivity index (χ4n) is 4.21. The molecule has 0 bridgehead atoms. The number of fused-ring (bicyclic) bond motifs is 1. The van der Waals surface area contributed by atoms with Gasteiger partial charge in [0.15, 0.2) is 0 Å². The molecule has 26 heavy (non-hydrogen) atoms. The number of amides is 1. The van der Waals surface area contributed by atoms with Crippen LogP contribution in [0.15, 0.2) is 29.1 Å². The highest BCUT2D eigenvalue weighted by molar-refractivity contribution is 5.88. The minimum atomic E-state index is -0.632. The van der Waals surface area contributed by atoms with E-state index in [4.69, 9.17) is 4.74 Å². The van der Waals surface area contributed by atoms with Gasteiger partial charge in [0.1, 0.15) is 11.4 Å². The van der Waals surface area contributed by atoms with E-state index in [9.17, 15) is 14.4 Å². The Morgan fingerprint density at radius 2 is 2.04 bits per heavy atom. The fourth-order valence-corrected chi connectivity index (χ4v) is 4.21. The van der Waals surface area contributed by atoms with Gasteiger partial charge in [-0.05, 0) is 37.8 Å². The second-order valence-electron chi connectivity index (χ2n) is 7.23. The molecule has 1 saturated heterocycles. The second kappa shape index (κ2) is 6.23. The van der Waals surface area contributed by atoms with Crippen LogP contribution in [0.2, 0.25) is 0 Å². The Labute approximate surface area is 150 Å². The monoisotopic (exact) mass is 355 g/mol. The Morgan fingerprint density at radius 3 is 2.81 bits per heavy atom. The smallest absolute Gasteiger partial charge is 0.307 e. The van der Waals surface area contributed by atoms with Crippen molar-refractivity contribution < 1.29 is 14.3 Å². The first-order valence-corrected chi connectivity index (χ1v) is 8.93. The van der Waals surface area contributed by atoms with Gasteiger partial charge in [-0.1, -0.05) is 12.1 Å². The van der Waals surface area contributed by atoms with Crippen LogP contribution in [0, 0.1) is 5.92 Å². The number of ether oxygens (including phenoxy) is 1.